The first-order chi connectivity index (χ1) is 14.2. The minimum Gasteiger partial charge on any atom is -0.340 e. The molecule has 1 aliphatic heterocycles. The Morgan fingerprint density at radius 3 is 2.45 bits per heavy atom. The number of rotatable bonds is 8. The van der Waals surface area contributed by atoms with Crippen molar-refractivity contribution in [3.05, 3.63) is 60.2 Å². The lowest BCUT2D eigenvalue weighted by atomic mass is 10.2. The van der Waals surface area contributed by atoms with Crippen LogP contribution >= 0.6 is 0 Å². The molecule has 1 aliphatic rings. The van der Waals surface area contributed by atoms with Gasteiger partial charge in [-0.05, 0) is 12.0 Å². The zero-order valence-electron chi connectivity index (χ0n) is 17.0. The number of hydrogen-bond donors (Lipinski definition) is 0. The van der Waals surface area contributed by atoms with E-state index in [2.05, 4.69) is 39.1 Å². The number of carbonyl (C=O) groups excluding carboxylic acids is 2. The Hall–Kier alpha value is -2.80. The molecule has 1 aromatic carbocycles. The van der Waals surface area contributed by atoms with E-state index in [1.165, 1.54) is 18.0 Å². The molecule has 0 saturated carbocycles. The molecule has 7 heteroatoms. The van der Waals surface area contributed by atoms with E-state index in [0.717, 1.165) is 39.1 Å². The molecule has 29 heavy (non-hydrogen) atoms. The molecule has 0 bridgehead atoms. The highest BCUT2D eigenvalue weighted by Crippen LogP contribution is 2.10. The number of carbonyl (C=O) groups is 2. The van der Waals surface area contributed by atoms with Gasteiger partial charge >= 0.3 is 0 Å². The van der Waals surface area contributed by atoms with E-state index in [1.807, 2.05) is 17.9 Å². The Morgan fingerprint density at radius 1 is 1.03 bits per heavy atom. The minimum atomic E-state index is -0.166. The smallest absolute Gasteiger partial charge is 0.274 e. The second kappa shape index (κ2) is 10.7. The van der Waals surface area contributed by atoms with Crippen molar-refractivity contribution < 1.29 is 9.59 Å². The van der Waals surface area contributed by atoms with Crippen LogP contribution in [0.3, 0.4) is 0 Å². The summed E-state index contributed by atoms with van der Waals surface area (Å²) < 4.78 is 0. The highest BCUT2D eigenvalue weighted by Gasteiger charge is 2.23. The van der Waals surface area contributed by atoms with Crippen molar-refractivity contribution in [1.29, 1.82) is 0 Å². The Kier molecular flexibility index (Phi) is 7.69. The first-order valence-electron chi connectivity index (χ1n) is 10.3. The summed E-state index contributed by atoms with van der Waals surface area (Å²) in [7, 11) is 0. The number of piperazine rings is 1. The Morgan fingerprint density at radius 2 is 1.79 bits per heavy atom. The van der Waals surface area contributed by atoms with Gasteiger partial charge in [-0.3, -0.25) is 19.5 Å². The van der Waals surface area contributed by atoms with Crippen molar-refractivity contribution in [2.45, 2.75) is 26.3 Å². The van der Waals surface area contributed by atoms with Gasteiger partial charge in [-0.1, -0.05) is 37.3 Å². The van der Waals surface area contributed by atoms with Crippen molar-refractivity contribution in [1.82, 2.24) is 24.7 Å². The van der Waals surface area contributed by atoms with Crippen LogP contribution in [0.25, 0.3) is 0 Å². The molecule has 0 unspecified atom stereocenters. The van der Waals surface area contributed by atoms with Gasteiger partial charge in [-0.15, -0.1) is 0 Å². The Labute approximate surface area is 172 Å². The number of benzene rings is 1. The summed E-state index contributed by atoms with van der Waals surface area (Å²) in [5, 5.41) is 0. The van der Waals surface area contributed by atoms with Crippen LogP contribution in [-0.4, -0.2) is 75.8 Å². The normalized spacial score (nSPS) is 14.6. The van der Waals surface area contributed by atoms with Crippen LogP contribution in [0, 0.1) is 0 Å². The number of hydrogen-bond acceptors (Lipinski definition) is 5. The van der Waals surface area contributed by atoms with Gasteiger partial charge in [0, 0.05) is 64.6 Å². The maximum Gasteiger partial charge on any atom is 0.274 e. The van der Waals surface area contributed by atoms with Crippen molar-refractivity contribution in [2.75, 3.05) is 39.3 Å². The monoisotopic (exact) mass is 395 g/mol. The van der Waals surface area contributed by atoms with Crippen LogP contribution in [0.15, 0.2) is 48.9 Å². The van der Waals surface area contributed by atoms with E-state index in [-0.39, 0.29) is 11.8 Å². The SMILES string of the molecule is CCCN(CCC(=O)N1CCN(Cc2ccccc2)CC1)C(=O)c1cnccn1. The first kappa shape index (κ1) is 20.9. The van der Waals surface area contributed by atoms with E-state index in [9.17, 15) is 9.59 Å². The molecule has 0 aliphatic carbocycles. The van der Waals surface area contributed by atoms with Crippen LogP contribution in [0.4, 0.5) is 0 Å². The third-order valence-electron chi connectivity index (χ3n) is 5.13. The Bertz CT molecular complexity index is 776. The van der Waals surface area contributed by atoms with Crippen molar-refractivity contribution in [2.24, 2.45) is 0 Å². The van der Waals surface area contributed by atoms with E-state index in [4.69, 9.17) is 0 Å². The summed E-state index contributed by atoms with van der Waals surface area (Å²) in [6, 6.07) is 10.4. The van der Waals surface area contributed by atoms with Gasteiger partial charge in [0.1, 0.15) is 5.69 Å². The highest BCUT2D eigenvalue weighted by atomic mass is 16.2. The second-order valence-corrected chi connectivity index (χ2v) is 7.28. The molecule has 0 spiro atoms. The predicted octanol–water partition coefficient (Wildman–Crippen LogP) is 2.06. The predicted molar refractivity (Wildman–Crippen MR) is 111 cm³/mol. The van der Waals surface area contributed by atoms with Gasteiger partial charge in [0.25, 0.3) is 5.91 Å². The van der Waals surface area contributed by atoms with Crippen molar-refractivity contribution in [3.8, 4) is 0 Å². The van der Waals surface area contributed by atoms with Crippen LogP contribution < -0.4 is 0 Å². The lowest BCUT2D eigenvalue weighted by Gasteiger charge is -2.35. The largest absolute Gasteiger partial charge is 0.340 e. The lowest BCUT2D eigenvalue weighted by Crippen LogP contribution is -2.49. The molecule has 7 nitrogen and oxygen atoms in total. The van der Waals surface area contributed by atoms with E-state index in [1.54, 1.807) is 11.1 Å². The molecular weight excluding hydrogens is 366 g/mol. The molecule has 1 fully saturated rings. The number of aromatic nitrogens is 2. The minimum absolute atomic E-state index is 0.109. The fourth-order valence-corrected chi connectivity index (χ4v) is 3.54. The van der Waals surface area contributed by atoms with Crippen molar-refractivity contribution in [3.63, 3.8) is 0 Å². The maximum atomic E-state index is 12.7. The third kappa shape index (κ3) is 6.09. The average Bonchev–Trinajstić information content (AvgIpc) is 2.78. The Balaban J connectivity index is 1.46. The number of nitrogens with zero attached hydrogens (tertiary/aromatic N) is 5. The van der Waals surface area contributed by atoms with Gasteiger partial charge in [0.05, 0.1) is 6.20 Å². The molecule has 2 amide bonds. The van der Waals surface area contributed by atoms with Crippen LogP contribution in [0.1, 0.15) is 35.8 Å². The molecule has 2 heterocycles. The molecular formula is C22H29N5O2. The van der Waals surface area contributed by atoms with E-state index >= 15 is 0 Å². The average molecular weight is 396 g/mol. The maximum absolute atomic E-state index is 12.7. The van der Waals surface area contributed by atoms with Gasteiger partial charge in [-0.25, -0.2) is 4.98 Å². The quantitative estimate of drug-likeness (QED) is 0.684. The summed E-state index contributed by atoms with van der Waals surface area (Å²) in [5.41, 5.74) is 1.62. The molecule has 0 radical (unpaired) electrons. The fraction of sp³-hybridized carbons (Fsp3) is 0.455. The van der Waals surface area contributed by atoms with Crippen LogP contribution in [-0.2, 0) is 11.3 Å². The third-order valence-corrected chi connectivity index (χ3v) is 5.13. The summed E-state index contributed by atoms with van der Waals surface area (Å²) in [6.45, 7) is 7.16. The second-order valence-electron chi connectivity index (χ2n) is 7.28. The zero-order chi connectivity index (χ0) is 20.5. The molecule has 1 aromatic heterocycles. The zero-order valence-corrected chi connectivity index (χ0v) is 17.0. The van der Waals surface area contributed by atoms with Crippen LogP contribution in [0.5, 0.6) is 0 Å². The fourth-order valence-electron chi connectivity index (χ4n) is 3.54. The molecule has 0 N–H and O–H groups in total. The summed E-state index contributed by atoms with van der Waals surface area (Å²) >= 11 is 0. The summed E-state index contributed by atoms with van der Waals surface area (Å²) in [5.74, 6) is -0.0576. The summed E-state index contributed by atoms with van der Waals surface area (Å²) in [4.78, 5) is 39.3. The van der Waals surface area contributed by atoms with Gasteiger partial charge in [0.15, 0.2) is 0 Å². The van der Waals surface area contributed by atoms with E-state index in [0.29, 0.717) is 25.2 Å². The highest BCUT2D eigenvalue weighted by molar-refractivity contribution is 5.92. The standard InChI is InChI=1S/C22H29N5O2/c1-2-11-27(22(29)20-17-23-9-10-24-20)12-8-21(28)26-15-13-25(14-16-26)18-19-6-4-3-5-7-19/h3-7,9-10,17H,2,8,11-16,18H2,1H3. The van der Waals surface area contributed by atoms with Crippen molar-refractivity contribution >= 4 is 11.8 Å². The number of amides is 2. The molecule has 2 aromatic rings. The van der Waals surface area contributed by atoms with E-state index < -0.39 is 0 Å². The molecule has 154 valence electrons. The topological polar surface area (TPSA) is 69.6 Å². The lowest BCUT2D eigenvalue weighted by molar-refractivity contribution is -0.133. The molecule has 1 saturated heterocycles. The van der Waals surface area contributed by atoms with Crippen LogP contribution in [0.2, 0.25) is 0 Å². The van der Waals surface area contributed by atoms with Gasteiger partial charge in [0.2, 0.25) is 5.91 Å². The summed E-state index contributed by atoms with van der Waals surface area (Å²) in [6.07, 6.45) is 5.70. The molecule has 3 rings (SSSR count). The van der Waals surface area contributed by atoms with Gasteiger partial charge in [-0.2, -0.15) is 0 Å². The first-order valence-corrected chi connectivity index (χ1v) is 10.3. The molecule has 0 atom stereocenters. The van der Waals surface area contributed by atoms with Gasteiger partial charge < -0.3 is 9.80 Å².